The van der Waals surface area contributed by atoms with Crippen molar-refractivity contribution in [1.29, 1.82) is 0 Å². The Morgan fingerprint density at radius 2 is 1.77 bits per heavy atom. The number of hydrazone groups is 1. The topological polar surface area (TPSA) is 75.6 Å². The molecule has 0 bridgehead atoms. The van der Waals surface area contributed by atoms with Crippen LogP contribution in [0.25, 0.3) is 11.3 Å². The van der Waals surface area contributed by atoms with Gasteiger partial charge in [-0.25, -0.2) is 10.4 Å². The van der Waals surface area contributed by atoms with Crippen molar-refractivity contribution in [2.75, 3.05) is 5.32 Å². The van der Waals surface area contributed by atoms with Crippen molar-refractivity contribution in [3.63, 3.8) is 0 Å². The molecule has 1 heterocycles. The first-order chi connectivity index (χ1) is 19.4. The van der Waals surface area contributed by atoms with Crippen LogP contribution in [0.5, 0.6) is 5.75 Å². The fourth-order valence-electron chi connectivity index (χ4n) is 3.60. The predicted octanol–water partition coefficient (Wildman–Crippen LogP) is 8.92. The minimum Gasteiger partial charge on any atom is -0.488 e. The number of hydrogen-bond donors (Lipinski definition) is 2. The minimum atomic E-state index is -0.303. The predicted molar refractivity (Wildman–Crippen MR) is 175 cm³/mol. The van der Waals surface area contributed by atoms with Gasteiger partial charge in [-0.2, -0.15) is 5.10 Å². The van der Waals surface area contributed by atoms with Gasteiger partial charge in [-0.3, -0.25) is 4.79 Å². The quantitative estimate of drug-likeness (QED) is 0.0899. The first-order valence-electron chi connectivity index (χ1n) is 12.0. The van der Waals surface area contributed by atoms with E-state index in [1.54, 1.807) is 18.3 Å². The van der Waals surface area contributed by atoms with E-state index in [9.17, 15) is 4.79 Å². The van der Waals surface area contributed by atoms with E-state index in [2.05, 4.69) is 71.5 Å². The second-order valence-electron chi connectivity index (χ2n) is 8.55. The first-order valence-corrected chi connectivity index (χ1v) is 15.1. The summed E-state index contributed by atoms with van der Waals surface area (Å²) in [6.45, 7) is 0.474. The van der Waals surface area contributed by atoms with Gasteiger partial charge in [0.25, 0.3) is 5.91 Å². The van der Waals surface area contributed by atoms with Crippen LogP contribution < -0.4 is 15.5 Å². The Kier molecular flexibility index (Phi) is 9.48. The summed E-state index contributed by atoms with van der Waals surface area (Å²) in [7, 11) is 0. The van der Waals surface area contributed by atoms with Crippen molar-refractivity contribution in [2.45, 2.75) is 6.61 Å². The maximum absolute atomic E-state index is 12.6. The van der Waals surface area contributed by atoms with Crippen LogP contribution in [-0.2, 0) is 6.61 Å². The lowest BCUT2D eigenvalue weighted by Gasteiger charge is -2.09. The third-order valence-electron chi connectivity index (χ3n) is 5.69. The van der Waals surface area contributed by atoms with Gasteiger partial charge in [-0.15, -0.1) is 11.3 Å². The summed E-state index contributed by atoms with van der Waals surface area (Å²) in [5.41, 5.74) is 7.63. The molecule has 4 aromatic carbocycles. The summed E-state index contributed by atoms with van der Waals surface area (Å²) in [6, 6.07) is 28.5. The molecule has 0 aliphatic carbocycles. The van der Waals surface area contributed by atoms with Gasteiger partial charge in [-0.1, -0.05) is 35.9 Å². The second kappa shape index (κ2) is 13.4. The van der Waals surface area contributed by atoms with Crippen molar-refractivity contribution in [3.8, 4) is 17.0 Å². The Labute approximate surface area is 262 Å². The zero-order chi connectivity index (χ0) is 27.9. The molecule has 0 radical (unpaired) electrons. The van der Waals surface area contributed by atoms with Crippen molar-refractivity contribution in [3.05, 3.63) is 126 Å². The number of anilines is 2. The fourth-order valence-corrected chi connectivity index (χ4v) is 5.34. The Morgan fingerprint density at radius 1 is 1.02 bits per heavy atom. The number of amides is 1. The Balaban J connectivity index is 1.14. The maximum atomic E-state index is 12.6. The third kappa shape index (κ3) is 7.69. The van der Waals surface area contributed by atoms with Crippen LogP contribution in [0.3, 0.4) is 0 Å². The summed E-state index contributed by atoms with van der Waals surface area (Å²) in [6.07, 6.45) is 1.59. The molecule has 200 valence electrons. The first kappa shape index (κ1) is 28.3. The van der Waals surface area contributed by atoms with Gasteiger partial charge in [0.1, 0.15) is 12.4 Å². The van der Waals surface area contributed by atoms with Crippen LogP contribution in [0, 0.1) is 3.57 Å². The highest BCUT2D eigenvalue weighted by molar-refractivity contribution is 14.1. The number of rotatable bonds is 9. The lowest BCUT2D eigenvalue weighted by molar-refractivity contribution is 0.0955. The lowest BCUT2D eigenvalue weighted by atomic mass is 10.1. The molecule has 0 atom stereocenters. The molecule has 0 aliphatic rings. The van der Waals surface area contributed by atoms with Crippen LogP contribution in [0.2, 0.25) is 5.02 Å². The number of nitrogens with one attached hydrogen (secondary N) is 2. The molecule has 6 nitrogen and oxygen atoms in total. The molecule has 0 aliphatic heterocycles. The largest absolute Gasteiger partial charge is 0.488 e. The standard InChI is InChI=1S/C30H21BrClIN4O2S/c31-26-15-20(3-14-28(26)39-17-19-1-10-24(33)11-2-19)16-34-37-29(38)22-6-4-21(5-7-22)27-18-40-30(36-27)35-25-12-8-23(32)9-13-25/h1-16,18H,17H2,(H,35,36)(H,37,38)/b34-16-. The van der Waals surface area contributed by atoms with E-state index in [1.165, 1.54) is 14.9 Å². The summed E-state index contributed by atoms with van der Waals surface area (Å²) < 4.78 is 7.90. The molecule has 10 heteroatoms. The van der Waals surface area contributed by atoms with Gasteiger partial charge >= 0.3 is 0 Å². The number of ether oxygens (including phenoxy) is 1. The summed E-state index contributed by atoms with van der Waals surface area (Å²) in [4.78, 5) is 17.2. The highest BCUT2D eigenvalue weighted by atomic mass is 127. The van der Waals surface area contributed by atoms with Gasteiger partial charge < -0.3 is 10.1 Å². The van der Waals surface area contributed by atoms with Crippen molar-refractivity contribution >= 4 is 84.4 Å². The number of halogens is 3. The lowest BCUT2D eigenvalue weighted by Crippen LogP contribution is -2.17. The average molecular weight is 744 g/mol. The number of hydrogen-bond acceptors (Lipinski definition) is 6. The zero-order valence-electron chi connectivity index (χ0n) is 20.8. The molecule has 0 fully saturated rings. The van der Waals surface area contributed by atoms with Crippen molar-refractivity contribution in [2.24, 2.45) is 5.10 Å². The Morgan fingerprint density at radius 3 is 2.50 bits per heavy atom. The molecule has 0 saturated carbocycles. The van der Waals surface area contributed by atoms with Crippen molar-refractivity contribution < 1.29 is 9.53 Å². The van der Waals surface area contributed by atoms with Gasteiger partial charge in [0, 0.05) is 30.8 Å². The van der Waals surface area contributed by atoms with Crippen LogP contribution in [-0.4, -0.2) is 17.1 Å². The van der Waals surface area contributed by atoms with Gasteiger partial charge in [-0.05, 0) is 116 Å². The molecule has 2 N–H and O–H groups in total. The van der Waals surface area contributed by atoms with E-state index in [0.29, 0.717) is 17.2 Å². The Hall–Kier alpha value is -3.25. The summed E-state index contributed by atoms with van der Waals surface area (Å²) in [5, 5.41) is 10.8. The SMILES string of the molecule is O=C(N/N=C\c1ccc(OCc2ccc(I)cc2)c(Br)c1)c1ccc(-c2csc(Nc3ccc(Cl)cc3)n2)cc1. The van der Waals surface area contributed by atoms with E-state index in [0.717, 1.165) is 43.4 Å². The smallest absolute Gasteiger partial charge is 0.271 e. The molecule has 40 heavy (non-hydrogen) atoms. The van der Waals surface area contributed by atoms with Gasteiger partial charge in [0.2, 0.25) is 0 Å². The molecule has 1 amide bonds. The molecular weight excluding hydrogens is 723 g/mol. The van der Waals surface area contributed by atoms with E-state index in [-0.39, 0.29) is 5.91 Å². The van der Waals surface area contributed by atoms with Gasteiger partial charge in [0.15, 0.2) is 5.13 Å². The zero-order valence-corrected chi connectivity index (χ0v) is 26.1. The highest BCUT2D eigenvalue weighted by Crippen LogP contribution is 2.28. The molecule has 0 spiro atoms. The van der Waals surface area contributed by atoms with Crippen LogP contribution in [0.15, 0.2) is 106 Å². The number of nitrogens with zero attached hydrogens (tertiary/aromatic N) is 2. The molecule has 5 aromatic rings. The molecule has 5 rings (SSSR count). The molecule has 0 saturated heterocycles. The number of carbonyl (C=O) groups excluding carboxylic acids is 1. The van der Waals surface area contributed by atoms with Crippen LogP contribution in [0.4, 0.5) is 10.8 Å². The normalized spacial score (nSPS) is 11.0. The van der Waals surface area contributed by atoms with E-state index < -0.39 is 0 Å². The maximum Gasteiger partial charge on any atom is 0.271 e. The summed E-state index contributed by atoms with van der Waals surface area (Å²) in [5.74, 6) is 0.426. The monoisotopic (exact) mass is 742 g/mol. The molecule has 1 aromatic heterocycles. The van der Waals surface area contributed by atoms with Crippen LogP contribution >= 0.6 is 61.5 Å². The number of aromatic nitrogens is 1. The highest BCUT2D eigenvalue weighted by Gasteiger charge is 2.09. The van der Waals surface area contributed by atoms with E-state index in [4.69, 9.17) is 16.3 Å². The second-order valence-corrected chi connectivity index (χ2v) is 11.9. The van der Waals surface area contributed by atoms with E-state index >= 15 is 0 Å². The fraction of sp³-hybridized carbons (Fsp3) is 0.0333. The third-order valence-corrected chi connectivity index (χ3v) is 8.03. The molecule has 0 unspecified atom stereocenters. The Bertz CT molecular complexity index is 1640. The number of thiazole rings is 1. The van der Waals surface area contributed by atoms with E-state index in [1.807, 2.05) is 72.1 Å². The van der Waals surface area contributed by atoms with Crippen LogP contribution in [0.1, 0.15) is 21.5 Å². The molecular formula is C30H21BrClIN4O2S. The van der Waals surface area contributed by atoms with Crippen molar-refractivity contribution in [1.82, 2.24) is 10.4 Å². The number of carbonyl (C=O) groups is 1. The minimum absolute atomic E-state index is 0.303. The summed E-state index contributed by atoms with van der Waals surface area (Å²) >= 11 is 13.3. The average Bonchev–Trinajstić information content (AvgIpc) is 3.43. The number of benzene rings is 4. The van der Waals surface area contributed by atoms with Gasteiger partial charge in [0.05, 0.1) is 16.4 Å².